The molecule has 0 heterocycles. The fourth-order valence-electron chi connectivity index (χ4n) is 2.00. The van der Waals surface area contributed by atoms with Crippen LogP contribution in [0.1, 0.15) is 34.1 Å². The molecule has 0 radical (unpaired) electrons. The molecular formula is C18H18N2O4. The Labute approximate surface area is 139 Å². The lowest BCUT2D eigenvalue weighted by Crippen LogP contribution is -2.13. The highest BCUT2D eigenvalue weighted by Gasteiger charge is 2.09. The molecular weight excluding hydrogens is 308 g/mol. The van der Waals surface area contributed by atoms with E-state index in [-0.39, 0.29) is 11.8 Å². The van der Waals surface area contributed by atoms with Crippen LogP contribution in [0.5, 0.6) is 0 Å². The van der Waals surface area contributed by atoms with Gasteiger partial charge in [-0.25, -0.2) is 4.79 Å². The van der Waals surface area contributed by atoms with Crippen molar-refractivity contribution in [3.8, 4) is 0 Å². The predicted molar refractivity (Wildman–Crippen MR) is 91.1 cm³/mol. The Morgan fingerprint density at radius 1 is 0.917 bits per heavy atom. The maximum atomic E-state index is 12.2. The molecule has 2 N–H and O–H groups in total. The number of rotatable bonds is 5. The topological polar surface area (TPSA) is 84.5 Å². The molecule has 0 unspecified atom stereocenters. The van der Waals surface area contributed by atoms with E-state index in [4.69, 9.17) is 0 Å². The number of benzene rings is 2. The van der Waals surface area contributed by atoms with Crippen molar-refractivity contribution in [3.63, 3.8) is 0 Å². The van der Waals surface area contributed by atoms with Gasteiger partial charge < -0.3 is 15.4 Å². The highest BCUT2D eigenvalue weighted by atomic mass is 16.5. The van der Waals surface area contributed by atoms with Crippen LogP contribution in [0.25, 0.3) is 0 Å². The molecule has 0 saturated carbocycles. The van der Waals surface area contributed by atoms with Crippen LogP contribution < -0.4 is 10.6 Å². The quantitative estimate of drug-likeness (QED) is 0.827. The average Bonchev–Trinajstić information content (AvgIpc) is 2.61. The van der Waals surface area contributed by atoms with Crippen molar-refractivity contribution < 1.29 is 19.1 Å². The van der Waals surface area contributed by atoms with Crippen molar-refractivity contribution in [1.82, 2.24) is 0 Å². The van der Waals surface area contributed by atoms with Crippen LogP contribution in [0.15, 0.2) is 48.5 Å². The molecule has 0 aliphatic carbocycles. The van der Waals surface area contributed by atoms with Gasteiger partial charge in [-0.2, -0.15) is 0 Å². The summed E-state index contributed by atoms with van der Waals surface area (Å²) in [6.07, 6.45) is 0.378. The molecule has 0 aliphatic heterocycles. The van der Waals surface area contributed by atoms with Crippen LogP contribution in [-0.4, -0.2) is 24.9 Å². The number of hydrogen-bond donors (Lipinski definition) is 2. The first kappa shape index (κ1) is 17.2. The number of anilines is 2. The summed E-state index contributed by atoms with van der Waals surface area (Å²) < 4.78 is 4.61. The normalized spacial score (nSPS) is 9.92. The number of carbonyl (C=O) groups excluding carboxylic acids is 3. The van der Waals surface area contributed by atoms with Crippen LogP contribution in [-0.2, 0) is 9.53 Å². The predicted octanol–water partition coefficient (Wildman–Crippen LogP) is 3.07. The molecule has 0 saturated heterocycles. The second-order valence-corrected chi connectivity index (χ2v) is 5.01. The van der Waals surface area contributed by atoms with Crippen LogP contribution in [0.4, 0.5) is 11.4 Å². The number of esters is 1. The lowest BCUT2D eigenvalue weighted by atomic mass is 10.1. The summed E-state index contributed by atoms with van der Waals surface area (Å²) in [6.45, 7) is 1.76. The molecule has 0 spiro atoms. The lowest BCUT2D eigenvalue weighted by Gasteiger charge is -2.09. The summed E-state index contributed by atoms with van der Waals surface area (Å²) in [7, 11) is 1.30. The monoisotopic (exact) mass is 326 g/mol. The van der Waals surface area contributed by atoms with Gasteiger partial charge >= 0.3 is 5.97 Å². The molecule has 0 bridgehead atoms. The Hall–Kier alpha value is -3.15. The van der Waals surface area contributed by atoms with E-state index in [0.717, 1.165) is 0 Å². The summed E-state index contributed by atoms with van der Waals surface area (Å²) in [5, 5.41) is 5.48. The van der Waals surface area contributed by atoms with Crippen molar-refractivity contribution in [2.24, 2.45) is 0 Å². The molecule has 0 atom stereocenters. The summed E-state index contributed by atoms with van der Waals surface area (Å²) in [5.41, 5.74) is 1.95. The Balaban J connectivity index is 2.08. The van der Waals surface area contributed by atoms with E-state index in [1.807, 2.05) is 0 Å². The zero-order valence-corrected chi connectivity index (χ0v) is 13.5. The van der Waals surface area contributed by atoms with Gasteiger partial charge in [0, 0.05) is 23.4 Å². The summed E-state index contributed by atoms with van der Waals surface area (Å²) in [4.78, 5) is 35.0. The van der Waals surface area contributed by atoms with Gasteiger partial charge in [0.05, 0.1) is 12.7 Å². The van der Waals surface area contributed by atoms with Gasteiger partial charge in [-0.05, 0) is 42.5 Å². The number of hydrogen-bond acceptors (Lipinski definition) is 4. The first-order valence-electron chi connectivity index (χ1n) is 7.43. The lowest BCUT2D eigenvalue weighted by molar-refractivity contribution is -0.115. The SMILES string of the molecule is CCC(=O)Nc1cccc(NC(=O)c2ccc(C(=O)OC)cc2)c1. The average molecular weight is 326 g/mol. The van der Waals surface area contributed by atoms with Gasteiger partial charge in [-0.3, -0.25) is 9.59 Å². The van der Waals surface area contributed by atoms with Crippen LogP contribution in [0.3, 0.4) is 0 Å². The Kier molecular flexibility index (Phi) is 5.68. The van der Waals surface area contributed by atoms with E-state index in [1.165, 1.54) is 19.2 Å². The van der Waals surface area contributed by atoms with Gasteiger partial charge in [0.2, 0.25) is 5.91 Å². The molecule has 0 fully saturated rings. The molecule has 24 heavy (non-hydrogen) atoms. The fourth-order valence-corrected chi connectivity index (χ4v) is 2.00. The Morgan fingerprint density at radius 3 is 2.08 bits per heavy atom. The van der Waals surface area contributed by atoms with Crippen LogP contribution in [0, 0.1) is 0 Å². The van der Waals surface area contributed by atoms with E-state index in [2.05, 4.69) is 15.4 Å². The first-order chi connectivity index (χ1) is 11.5. The molecule has 2 amide bonds. The zero-order valence-electron chi connectivity index (χ0n) is 13.5. The Morgan fingerprint density at radius 2 is 1.50 bits per heavy atom. The maximum Gasteiger partial charge on any atom is 0.337 e. The van der Waals surface area contributed by atoms with Crippen LogP contribution >= 0.6 is 0 Å². The minimum atomic E-state index is -0.457. The molecule has 2 rings (SSSR count). The molecule has 124 valence electrons. The van der Waals surface area contributed by atoms with Crippen molar-refractivity contribution in [2.45, 2.75) is 13.3 Å². The highest BCUT2D eigenvalue weighted by Crippen LogP contribution is 2.16. The second kappa shape index (κ2) is 7.92. The summed E-state index contributed by atoms with van der Waals surface area (Å²) in [5.74, 6) is -0.872. The van der Waals surface area contributed by atoms with E-state index < -0.39 is 5.97 Å². The molecule has 2 aromatic rings. The standard InChI is InChI=1S/C18H18N2O4/c1-3-16(21)19-14-5-4-6-15(11-14)20-17(22)12-7-9-13(10-8-12)18(23)24-2/h4-11H,3H2,1-2H3,(H,19,21)(H,20,22). The fraction of sp³-hybridized carbons (Fsp3) is 0.167. The van der Waals surface area contributed by atoms with Gasteiger partial charge in [0.25, 0.3) is 5.91 Å². The van der Waals surface area contributed by atoms with Crippen molar-refractivity contribution in [1.29, 1.82) is 0 Å². The van der Waals surface area contributed by atoms with Gasteiger partial charge in [0.1, 0.15) is 0 Å². The van der Waals surface area contributed by atoms with Crippen LogP contribution in [0.2, 0.25) is 0 Å². The van der Waals surface area contributed by atoms with Crippen molar-refractivity contribution in [2.75, 3.05) is 17.7 Å². The number of methoxy groups -OCH3 is 1. The van der Waals surface area contributed by atoms with E-state index in [0.29, 0.717) is 28.9 Å². The maximum absolute atomic E-state index is 12.2. The highest BCUT2D eigenvalue weighted by molar-refractivity contribution is 6.05. The number of carbonyl (C=O) groups is 3. The van der Waals surface area contributed by atoms with Crippen molar-refractivity contribution >= 4 is 29.2 Å². The van der Waals surface area contributed by atoms with Gasteiger partial charge in [0.15, 0.2) is 0 Å². The first-order valence-corrected chi connectivity index (χ1v) is 7.43. The van der Waals surface area contributed by atoms with E-state index >= 15 is 0 Å². The van der Waals surface area contributed by atoms with Gasteiger partial charge in [-0.15, -0.1) is 0 Å². The zero-order chi connectivity index (χ0) is 17.5. The molecule has 6 nitrogen and oxygen atoms in total. The molecule has 6 heteroatoms. The largest absolute Gasteiger partial charge is 0.465 e. The third-order valence-corrected chi connectivity index (χ3v) is 3.29. The summed E-state index contributed by atoms with van der Waals surface area (Å²) >= 11 is 0. The third-order valence-electron chi connectivity index (χ3n) is 3.29. The molecule has 2 aromatic carbocycles. The minimum absolute atomic E-state index is 0.100. The van der Waals surface area contributed by atoms with E-state index in [9.17, 15) is 14.4 Å². The third kappa shape index (κ3) is 4.42. The minimum Gasteiger partial charge on any atom is -0.465 e. The Bertz CT molecular complexity index is 754. The number of ether oxygens (including phenoxy) is 1. The van der Waals surface area contributed by atoms with Crippen molar-refractivity contribution in [3.05, 3.63) is 59.7 Å². The smallest absolute Gasteiger partial charge is 0.337 e. The molecule has 0 aromatic heterocycles. The van der Waals surface area contributed by atoms with E-state index in [1.54, 1.807) is 43.3 Å². The number of amides is 2. The second-order valence-electron chi connectivity index (χ2n) is 5.01. The summed E-state index contributed by atoms with van der Waals surface area (Å²) in [6, 6.07) is 13.0. The number of nitrogens with one attached hydrogen (secondary N) is 2. The van der Waals surface area contributed by atoms with Gasteiger partial charge in [-0.1, -0.05) is 13.0 Å². The molecule has 0 aliphatic rings.